The van der Waals surface area contributed by atoms with Crippen LogP contribution >= 0.6 is 0 Å². The Balaban J connectivity index is 1.82. The number of ether oxygens (including phenoxy) is 1. The zero-order valence-corrected chi connectivity index (χ0v) is 13.1. The van der Waals surface area contributed by atoms with E-state index in [1.165, 1.54) is 25.6 Å². The average molecular weight is 319 g/mol. The van der Waals surface area contributed by atoms with Crippen molar-refractivity contribution in [2.75, 3.05) is 0 Å². The van der Waals surface area contributed by atoms with Crippen LogP contribution in [0.15, 0.2) is 18.3 Å². The first-order chi connectivity index (χ1) is 11.0. The maximum atomic E-state index is 12.0. The van der Waals surface area contributed by atoms with Gasteiger partial charge in [0.05, 0.1) is 11.3 Å². The zero-order chi connectivity index (χ0) is 16.7. The average Bonchev–Trinajstić information content (AvgIpc) is 2.54. The molecule has 3 amide bonds. The van der Waals surface area contributed by atoms with Crippen molar-refractivity contribution in [2.24, 2.45) is 0 Å². The molecule has 0 atom stereocenters. The van der Waals surface area contributed by atoms with Gasteiger partial charge in [-0.05, 0) is 25.0 Å². The lowest BCUT2D eigenvalue weighted by atomic mass is 9.96. The second-order valence-electron chi connectivity index (χ2n) is 5.58. The monoisotopic (exact) mass is 319 g/mol. The molecule has 1 fully saturated rings. The molecule has 0 unspecified atom stereocenters. The summed E-state index contributed by atoms with van der Waals surface area (Å²) in [7, 11) is 0. The summed E-state index contributed by atoms with van der Waals surface area (Å²) in [6.45, 7) is 1.37. The van der Waals surface area contributed by atoms with Crippen molar-refractivity contribution in [3.8, 4) is 0 Å². The summed E-state index contributed by atoms with van der Waals surface area (Å²) in [6.07, 6.45) is 6.66. The molecule has 0 aromatic carbocycles. The molecule has 124 valence electrons. The third kappa shape index (κ3) is 5.69. The molecule has 1 aromatic heterocycles. The van der Waals surface area contributed by atoms with E-state index in [0.29, 0.717) is 5.69 Å². The fraction of sp³-hybridized carbons (Fsp3) is 0.500. The number of nitrogens with zero attached hydrogens (tertiary/aromatic N) is 1. The smallest absolute Gasteiger partial charge is 0.321 e. The number of nitrogens with one attached hydrogen (secondary N) is 2. The first kappa shape index (κ1) is 16.9. The molecule has 7 nitrogen and oxygen atoms in total. The molecule has 1 heterocycles. The van der Waals surface area contributed by atoms with Gasteiger partial charge in [0.25, 0.3) is 5.91 Å². The minimum Gasteiger partial charge on any atom is -0.459 e. The van der Waals surface area contributed by atoms with Crippen molar-refractivity contribution < 1.29 is 19.1 Å². The SMILES string of the molecule is CC(=O)OCc1ccc(C(=O)NC(=O)NC2CCCCC2)cn1. The Morgan fingerprint density at radius 2 is 1.96 bits per heavy atom. The number of rotatable bonds is 4. The molecule has 2 N–H and O–H groups in total. The largest absolute Gasteiger partial charge is 0.459 e. The van der Waals surface area contributed by atoms with Crippen molar-refractivity contribution >= 4 is 17.9 Å². The van der Waals surface area contributed by atoms with Gasteiger partial charge >= 0.3 is 12.0 Å². The molecule has 1 aliphatic carbocycles. The summed E-state index contributed by atoms with van der Waals surface area (Å²) in [6, 6.07) is 2.78. The van der Waals surface area contributed by atoms with E-state index in [0.717, 1.165) is 25.7 Å². The van der Waals surface area contributed by atoms with Gasteiger partial charge in [-0.2, -0.15) is 0 Å². The van der Waals surface area contributed by atoms with Gasteiger partial charge in [-0.1, -0.05) is 19.3 Å². The zero-order valence-electron chi connectivity index (χ0n) is 13.1. The molecule has 0 spiro atoms. The fourth-order valence-corrected chi connectivity index (χ4v) is 2.46. The Kier molecular flexibility index (Phi) is 6.08. The molecular weight excluding hydrogens is 298 g/mol. The highest BCUT2D eigenvalue weighted by molar-refractivity contribution is 6.04. The van der Waals surface area contributed by atoms with E-state index >= 15 is 0 Å². The molecule has 1 aliphatic rings. The van der Waals surface area contributed by atoms with Crippen LogP contribution in [0.2, 0.25) is 0 Å². The summed E-state index contributed by atoms with van der Waals surface area (Å²) in [5.41, 5.74) is 0.804. The molecule has 1 aromatic rings. The van der Waals surface area contributed by atoms with Gasteiger partial charge in [-0.25, -0.2) is 4.79 Å². The van der Waals surface area contributed by atoms with E-state index in [-0.39, 0.29) is 18.2 Å². The van der Waals surface area contributed by atoms with Crippen molar-refractivity contribution in [3.63, 3.8) is 0 Å². The van der Waals surface area contributed by atoms with E-state index in [9.17, 15) is 14.4 Å². The number of aromatic nitrogens is 1. The number of hydrogen-bond donors (Lipinski definition) is 2. The van der Waals surface area contributed by atoms with Crippen molar-refractivity contribution in [2.45, 2.75) is 51.7 Å². The summed E-state index contributed by atoms with van der Waals surface area (Å²) in [4.78, 5) is 38.5. The Morgan fingerprint density at radius 3 is 2.57 bits per heavy atom. The van der Waals surface area contributed by atoms with Crippen molar-refractivity contribution in [1.29, 1.82) is 0 Å². The van der Waals surface area contributed by atoms with Crippen LogP contribution in [0.1, 0.15) is 55.1 Å². The predicted octanol–water partition coefficient (Wildman–Crippen LogP) is 1.92. The number of imide groups is 1. The van der Waals surface area contributed by atoms with Gasteiger partial charge < -0.3 is 10.1 Å². The molecule has 1 saturated carbocycles. The van der Waals surface area contributed by atoms with Gasteiger partial charge in [0, 0.05) is 19.2 Å². The van der Waals surface area contributed by atoms with Gasteiger partial charge in [0.1, 0.15) is 6.61 Å². The van der Waals surface area contributed by atoms with E-state index in [4.69, 9.17) is 4.74 Å². The number of esters is 1. The number of carbonyl (C=O) groups excluding carboxylic acids is 3. The summed E-state index contributed by atoms with van der Waals surface area (Å²) in [5.74, 6) is -0.905. The van der Waals surface area contributed by atoms with Crippen molar-refractivity contribution in [1.82, 2.24) is 15.6 Å². The first-order valence-electron chi connectivity index (χ1n) is 7.75. The van der Waals surface area contributed by atoms with Crippen LogP contribution in [0.4, 0.5) is 4.79 Å². The summed E-state index contributed by atoms with van der Waals surface area (Å²) >= 11 is 0. The number of pyridine rings is 1. The van der Waals surface area contributed by atoms with Gasteiger partial charge in [-0.15, -0.1) is 0 Å². The summed E-state index contributed by atoms with van der Waals surface area (Å²) < 4.78 is 4.81. The van der Waals surface area contributed by atoms with Gasteiger partial charge in [0.2, 0.25) is 0 Å². The van der Waals surface area contributed by atoms with Crippen LogP contribution in [0.25, 0.3) is 0 Å². The second-order valence-corrected chi connectivity index (χ2v) is 5.58. The normalized spacial score (nSPS) is 14.8. The molecule has 23 heavy (non-hydrogen) atoms. The lowest BCUT2D eigenvalue weighted by Gasteiger charge is -2.22. The van der Waals surface area contributed by atoms with Gasteiger partial charge in [0.15, 0.2) is 0 Å². The number of hydrogen-bond acceptors (Lipinski definition) is 5. The third-order valence-corrected chi connectivity index (χ3v) is 3.68. The molecule has 0 aliphatic heterocycles. The minimum atomic E-state index is -0.509. The Bertz CT molecular complexity index is 565. The topological polar surface area (TPSA) is 97.4 Å². The molecule has 0 saturated heterocycles. The Labute approximate surface area is 134 Å². The molecule has 0 bridgehead atoms. The Morgan fingerprint density at radius 1 is 1.22 bits per heavy atom. The van der Waals surface area contributed by atoms with Crippen LogP contribution in [-0.2, 0) is 16.1 Å². The van der Waals surface area contributed by atoms with Crippen LogP contribution in [0.5, 0.6) is 0 Å². The molecule has 2 rings (SSSR count). The van der Waals surface area contributed by atoms with Crippen LogP contribution in [0.3, 0.4) is 0 Å². The van der Waals surface area contributed by atoms with E-state index in [2.05, 4.69) is 15.6 Å². The van der Waals surface area contributed by atoms with Crippen LogP contribution in [0, 0.1) is 0 Å². The maximum absolute atomic E-state index is 12.0. The van der Waals surface area contributed by atoms with Crippen molar-refractivity contribution in [3.05, 3.63) is 29.6 Å². The lowest BCUT2D eigenvalue weighted by molar-refractivity contribution is -0.142. The number of amides is 3. The number of urea groups is 1. The van der Waals surface area contributed by atoms with E-state index in [1.54, 1.807) is 6.07 Å². The summed E-state index contributed by atoms with van der Waals surface area (Å²) in [5, 5.41) is 5.11. The van der Waals surface area contributed by atoms with Crippen LogP contribution in [-0.4, -0.2) is 28.9 Å². The lowest BCUT2D eigenvalue weighted by Crippen LogP contribution is -2.45. The van der Waals surface area contributed by atoms with Crippen LogP contribution < -0.4 is 10.6 Å². The number of carbonyl (C=O) groups is 3. The highest BCUT2D eigenvalue weighted by Gasteiger charge is 2.17. The molecular formula is C16H21N3O4. The second kappa shape index (κ2) is 8.26. The van der Waals surface area contributed by atoms with E-state index < -0.39 is 17.9 Å². The highest BCUT2D eigenvalue weighted by Crippen LogP contribution is 2.17. The predicted molar refractivity (Wildman–Crippen MR) is 82.6 cm³/mol. The van der Waals surface area contributed by atoms with Gasteiger partial charge in [-0.3, -0.25) is 19.9 Å². The Hall–Kier alpha value is -2.44. The quantitative estimate of drug-likeness (QED) is 0.826. The van der Waals surface area contributed by atoms with E-state index in [1.807, 2.05) is 0 Å². The standard InChI is InChI=1S/C16H21N3O4/c1-11(20)23-10-14-8-7-12(9-17-14)15(21)19-16(22)18-13-5-3-2-4-6-13/h7-9,13H,2-6,10H2,1H3,(H2,18,19,21,22). The molecule has 0 radical (unpaired) electrons. The fourth-order valence-electron chi connectivity index (χ4n) is 2.46. The first-order valence-corrected chi connectivity index (χ1v) is 7.75. The highest BCUT2D eigenvalue weighted by atomic mass is 16.5. The minimum absolute atomic E-state index is 0.0550. The third-order valence-electron chi connectivity index (χ3n) is 3.68. The molecule has 7 heteroatoms. The maximum Gasteiger partial charge on any atom is 0.321 e.